The first-order valence-corrected chi connectivity index (χ1v) is 8.11. The van der Waals surface area contributed by atoms with Crippen LogP contribution in [0.15, 0.2) is 24.3 Å². The second-order valence-electron chi connectivity index (χ2n) is 5.19. The molecule has 1 aromatic heterocycles. The van der Waals surface area contributed by atoms with Crippen molar-refractivity contribution in [2.45, 2.75) is 13.8 Å². The lowest BCUT2D eigenvalue weighted by Crippen LogP contribution is -2.31. The highest BCUT2D eigenvalue weighted by Crippen LogP contribution is 2.33. The highest BCUT2D eigenvalue weighted by atomic mass is 32.1. The maximum Gasteiger partial charge on any atom is 0.413 e. The molecular weight excluding hydrogens is 362 g/mol. The molecule has 0 aliphatic rings. The average Bonchev–Trinajstić information content (AvgIpc) is 2.88. The summed E-state index contributed by atoms with van der Waals surface area (Å²) < 4.78 is 4.40. The van der Waals surface area contributed by atoms with Crippen LogP contribution in [0.2, 0.25) is 0 Å². The maximum absolute atomic E-state index is 12.4. The highest BCUT2D eigenvalue weighted by Gasteiger charge is 2.23. The summed E-state index contributed by atoms with van der Waals surface area (Å²) in [5.41, 5.74) is 0.588. The fraction of sp³-hybridized carbons (Fsp3) is 0.188. The summed E-state index contributed by atoms with van der Waals surface area (Å²) in [7, 11) is 1.12. The number of amides is 3. The van der Waals surface area contributed by atoms with Gasteiger partial charge in [-0.15, -0.1) is 11.3 Å². The van der Waals surface area contributed by atoms with Gasteiger partial charge >= 0.3 is 6.09 Å². The van der Waals surface area contributed by atoms with E-state index in [-0.39, 0.29) is 21.8 Å². The summed E-state index contributed by atoms with van der Waals surface area (Å²) in [4.78, 5) is 47.0. The van der Waals surface area contributed by atoms with E-state index < -0.39 is 22.8 Å². The summed E-state index contributed by atoms with van der Waals surface area (Å²) in [6.45, 7) is 3.44. The van der Waals surface area contributed by atoms with E-state index in [4.69, 9.17) is 0 Å². The third kappa shape index (κ3) is 4.03. The molecule has 9 nitrogen and oxygen atoms in total. The Hall–Kier alpha value is -3.27. The van der Waals surface area contributed by atoms with Crippen LogP contribution in [0.4, 0.5) is 15.5 Å². The van der Waals surface area contributed by atoms with E-state index in [1.807, 2.05) is 5.32 Å². The number of benzene rings is 1. The van der Waals surface area contributed by atoms with Crippen molar-refractivity contribution in [3.63, 3.8) is 0 Å². The Bertz CT molecular complexity index is 905. The van der Waals surface area contributed by atoms with Gasteiger partial charge in [-0.2, -0.15) is 0 Å². The number of methoxy groups -OCH3 is 1. The van der Waals surface area contributed by atoms with E-state index in [0.717, 1.165) is 29.4 Å². The number of anilines is 1. The number of imide groups is 1. The fourth-order valence-electron chi connectivity index (χ4n) is 2.13. The zero-order chi connectivity index (χ0) is 19.4. The lowest BCUT2D eigenvalue weighted by atomic mass is 10.1. The minimum atomic E-state index is -0.922. The number of non-ortho nitro benzene ring substituents is 1. The van der Waals surface area contributed by atoms with E-state index in [2.05, 4.69) is 10.1 Å². The molecule has 10 heteroatoms. The number of alkyl carbamates (subject to hydrolysis) is 1. The number of hydrogen-bond acceptors (Lipinski definition) is 7. The van der Waals surface area contributed by atoms with Gasteiger partial charge in [-0.1, -0.05) is 6.07 Å². The number of nitro benzene ring substituents is 1. The standard InChI is InChI=1S/C16H15N3O6S/c1-8-9(2)26-15(12(8)14(21)18-16(22)25-3)17-13(20)10-5-4-6-11(7-10)19(23)24/h4-7H,1-3H3,(H,17,20)(H,18,21,22). The number of hydrogen-bond donors (Lipinski definition) is 2. The lowest BCUT2D eigenvalue weighted by molar-refractivity contribution is -0.384. The van der Waals surface area contributed by atoms with Gasteiger partial charge < -0.3 is 10.1 Å². The van der Waals surface area contributed by atoms with E-state index >= 15 is 0 Å². The SMILES string of the molecule is COC(=O)NC(=O)c1c(NC(=O)c2cccc([N+](=O)[O-])c2)sc(C)c1C. The second-order valence-corrected chi connectivity index (χ2v) is 6.42. The summed E-state index contributed by atoms with van der Waals surface area (Å²) in [6, 6.07) is 5.22. The fourth-order valence-corrected chi connectivity index (χ4v) is 3.18. The Morgan fingerprint density at radius 3 is 2.50 bits per heavy atom. The molecule has 2 N–H and O–H groups in total. The van der Waals surface area contributed by atoms with Crippen LogP contribution in [0.25, 0.3) is 0 Å². The van der Waals surface area contributed by atoms with Crippen LogP contribution in [0.1, 0.15) is 31.2 Å². The molecule has 0 unspecified atom stereocenters. The monoisotopic (exact) mass is 377 g/mol. The van der Waals surface area contributed by atoms with Gasteiger partial charge in [-0.3, -0.25) is 25.0 Å². The van der Waals surface area contributed by atoms with Gasteiger partial charge in [0.25, 0.3) is 17.5 Å². The molecule has 26 heavy (non-hydrogen) atoms. The zero-order valence-corrected chi connectivity index (χ0v) is 14.9. The molecule has 3 amide bonds. The number of carbonyl (C=O) groups is 3. The van der Waals surface area contributed by atoms with Crippen LogP contribution in [0, 0.1) is 24.0 Å². The second kappa shape index (κ2) is 7.74. The molecule has 0 spiro atoms. The summed E-state index contributed by atoms with van der Waals surface area (Å²) in [5.74, 6) is -1.32. The zero-order valence-electron chi connectivity index (χ0n) is 14.1. The molecule has 0 fully saturated rings. The molecule has 0 aliphatic carbocycles. The topological polar surface area (TPSA) is 128 Å². The molecule has 1 aromatic carbocycles. The van der Waals surface area contributed by atoms with Gasteiger partial charge in [0, 0.05) is 22.6 Å². The number of nitro groups is 1. The molecule has 0 saturated heterocycles. The van der Waals surface area contributed by atoms with Gasteiger partial charge in [0.05, 0.1) is 17.6 Å². The van der Waals surface area contributed by atoms with Crippen molar-refractivity contribution < 1.29 is 24.0 Å². The quantitative estimate of drug-likeness (QED) is 0.623. The van der Waals surface area contributed by atoms with Crippen LogP contribution < -0.4 is 10.6 Å². The number of nitrogens with one attached hydrogen (secondary N) is 2. The Morgan fingerprint density at radius 1 is 1.19 bits per heavy atom. The predicted molar refractivity (Wildman–Crippen MR) is 94.7 cm³/mol. The van der Waals surface area contributed by atoms with Crippen LogP contribution >= 0.6 is 11.3 Å². The van der Waals surface area contributed by atoms with E-state index in [1.54, 1.807) is 13.8 Å². The van der Waals surface area contributed by atoms with Crippen molar-refractivity contribution in [2.24, 2.45) is 0 Å². The molecule has 0 atom stereocenters. The van der Waals surface area contributed by atoms with Crippen LogP contribution in [0.3, 0.4) is 0 Å². The molecule has 0 saturated carbocycles. The molecule has 0 radical (unpaired) electrons. The Morgan fingerprint density at radius 2 is 1.88 bits per heavy atom. The maximum atomic E-state index is 12.4. The first-order chi connectivity index (χ1) is 12.2. The number of thiophene rings is 1. The smallest absolute Gasteiger partial charge is 0.413 e. The summed E-state index contributed by atoms with van der Waals surface area (Å²) >= 11 is 1.16. The normalized spacial score (nSPS) is 10.1. The first-order valence-electron chi connectivity index (χ1n) is 7.29. The van der Waals surface area contributed by atoms with Gasteiger partial charge in [0.15, 0.2) is 0 Å². The number of ether oxygens (including phenoxy) is 1. The molecule has 1 heterocycles. The highest BCUT2D eigenvalue weighted by molar-refractivity contribution is 7.16. The Balaban J connectivity index is 2.32. The Kier molecular flexibility index (Phi) is 5.68. The third-order valence-corrected chi connectivity index (χ3v) is 4.68. The molecule has 2 aromatic rings. The van der Waals surface area contributed by atoms with Crippen molar-refractivity contribution in [2.75, 3.05) is 12.4 Å². The summed E-state index contributed by atoms with van der Waals surface area (Å²) in [5, 5.41) is 15.7. The predicted octanol–water partition coefficient (Wildman–Crippen LogP) is 3.02. The van der Waals surface area contributed by atoms with Crippen molar-refractivity contribution in [3.8, 4) is 0 Å². The van der Waals surface area contributed by atoms with E-state index in [0.29, 0.717) is 5.56 Å². The molecule has 136 valence electrons. The number of rotatable bonds is 4. The van der Waals surface area contributed by atoms with Gasteiger partial charge in [-0.25, -0.2) is 4.79 Å². The number of aryl methyl sites for hydroxylation is 1. The van der Waals surface area contributed by atoms with Crippen molar-refractivity contribution in [1.82, 2.24) is 5.32 Å². The van der Waals surface area contributed by atoms with E-state index in [1.165, 1.54) is 18.2 Å². The molecular formula is C16H15N3O6S. The van der Waals surface area contributed by atoms with E-state index in [9.17, 15) is 24.5 Å². The molecule has 2 rings (SSSR count). The summed E-state index contributed by atoms with van der Waals surface area (Å²) in [6.07, 6.45) is -0.922. The van der Waals surface area contributed by atoms with Crippen molar-refractivity contribution >= 4 is 39.9 Å². The molecule has 0 aliphatic heterocycles. The third-order valence-electron chi connectivity index (χ3n) is 3.56. The average molecular weight is 377 g/mol. The largest absolute Gasteiger partial charge is 0.453 e. The van der Waals surface area contributed by atoms with Crippen molar-refractivity contribution in [1.29, 1.82) is 0 Å². The molecule has 0 bridgehead atoms. The number of carbonyl (C=O) groups excluding carboxylic acids is 3. The van der Waals surface area contributed by atoms with Gasteiger partial charge in [0.2, 0.25) is 0 Å². The van der Waals surface area contributed by atoms with Gasteiger partial charge in [0.1, 0.15) is 5.00 Å². The van der Waals surface area contributed by atoms with Crippen LogP contribution in [0.5, 0.6) is 0 Å². The first kappa shape index (κ1) is 19.1. The van der Waals surface area contributed by atoms with Crippen LogP contribution in [-0.2, 0) is 4.74 Å². The lowest BCUT2D eigenvalue weighted by Gasteiger charge is -2.07. The van der Waals surface area contributed by atoms with Gasteiger partial charge in [-0.05, 0) is 25.5 Å². The Labute approximate surface area is 152 Å². The minimum absolute atomic E-state index is 0.0715. The van der Waals surface area contributed by atoms with Crippen molar-refractivity contribution in [3.05, 3.63) is 55.9 Å². The van der Waals surface area contributed by atoms with Crippen LogP contribution in [-0.4, -0.2) is 29.9 Å². The minimum Gasteiger partial charge on any atom is -0.453 e. The number of nitrogens with zero attached hydrogens (tertiary/aromatic N) is 1.